The Morgan fingerprint density at radius 1 is 1.19 bits per heavy atom. The predicted molar refractivity (Wildman–Crippen MR) is 124 cm³/mol. The monoisotopic (exact) mass is 470 g/mol. The zero-order valence-electron chi connectivity index (χ0n) is 16.5. The molecule has 3 heterocycles. The molecule has 1 saturated heterocycles. The van der Waals surface area contributed by atoms with Gasteiger partial charge >= 0.3 is 0 Å². The van der Waals surface area contributed by atoms with E-state index in [0.29, 0.717) is 28.2 Å². The zero-order valence-corrected chi connectivity index (χ0v) is 18.9. The van der Waals surface area contributed by atoms with Crippen molar-refractivity contribution in [3.63, 3.8) is 0 Å². The fraction of sp³-hybridized carbons (Fsp3) is 0.273. The van der Waals surface area contributed by atoms with E-state index in [2.05, 4.69) is 16.3 Å². The minimum Gasteiger partial charge on any atom is -0.411 e. The van der Waals surface area contributed by atoms with Crippen LogP contribution in [0.2, 0.25) is 5.02 Å². The summed E-state index contributed by atoms with van der Waals surface area (Å²) in [6, 6.07) is 15.5. The first-order chi connectivity index (χ1) is 15.2. The van der Waals surface area contributed by atoms with Crippen LogP contribution in [-0.2, 0) is 4.79 Å². The van der Waals surface area contributed by atoms with E-state index in [4.69, 9.17) is 21.0 Å². The van der Waals surface area contributed by atoms with Crippen molar-refractivity contribution in [2.45, 2.75) is 24.0 Å². The lowest BCUT2D eigenvalue weighted by molar-refractivity contribution is -0.129. The number of thioether (sulfide) groups is 1. The van der Waals surface area contributed by atoms with Gasteiger partial charge in [-0.15, -0.1) is 21.5 Å². The predicted octanol–water partition coefficient (Wildman–Crippen LogP) is 5.50. The summed E-state index contributed by atoms with van der Waals surface area (Å²) in [5.41, 5.74) is 1.72. The lowest BCUT2D eigenvalue weighted by atomic mass is 9.99. The van der Waals surface area contributed by atoms with E-state index >= 15 is 0 Å². The molecule has 1 fully saturated rings. The maximum Gasteiger partial charge on any atom is 0.277 e. The Hall–Kier alpha value is -2.42. The van der Waals surface area contributed by atoms with Gasteiger partial charge < -0.3 is 9.32 Å². The van der Waals surface area contributed by atoms with Gasteiger partial charge in [0.2, 0.25) is 11.8 Å². The number of thiazole rings is 1. The number of hydrogen-bond donors (Lipinski definition) is 0. The minimum atomic E-state index is 0.0771. The number of carbonyl (C=O) groups excluding carboxylic acids is 1. The summed E-state index contributed by atoms with van der Waals surface area (Å²) in [6.45, 7) is 1.48. The number of piperidine rings is 1. The topological polar surface area (TPSA) is 72.1 Å². The molecular formula is C22H19ClN4O2S2. The Balaban J connectivity index is 1.21. The van der Waals surface area contributed by atoms with Gasteiger partial charge in [-0.05, 0) is 37.1 Å². The van der Waals surface area contributed by atoms with Gasteiger partial charge in [-0.25, -0.2) is 4.98 Å². The van der Waals surface area contributed by atoms with Gasteiger partial charge in [-0.2, -0.15) is 0 Å². The van der Waals surface area contributed by atoms with Crippen LogP contribution in [0.15, 0.2) is 58.2 Å². The van der Waals surface area contributed by atoms with Crippen LogP contribution in [0.4, 0.5) is 0 Å². The molecule has 1 atom stereocenters. The molecule has 5 rings (SSSR count). The van der Waals surface area contributed by atoms with Crippen molar-refractivity contribution in [2.75, 3.05) is 18.8 Å². The van der Waals surface area contributed by atoms with Crippen LogP contribution in [-0.4, -0.2) is 44.8 Å². The number of halogens is 1. The number of carbonyl (C=O) groups is 1. The number of aromatic nitrogens is 3. The van der Waals surface area contributed by atoms with E-state index in [-0.39, 0.29) is 17.6 Å². The van der Waals surface area contributed by atoms with Crippen molar-refractivity contribution in [2.24, 2.45) is 0 Å². The lowest BCUT2D eigenvalue weighted by Crippen LogP contribution is -2.40. The first-order valence-corrected chi connectivity index (χ1v) is 12.2. The van der Waals surface area contributed by atoms with Crippen LogP contribution in [0.5, 0.6) is 0 Å². The highest BCUT2D eigenvalue weighted by molar-refractivity contribution is 7.99. The molecule has 0 bridgehead atoms. The van der Waals surface area contributed by atoms with E-state index < -0.39 is 0 Å². The molecule has 31 heavy (non-hydrogen) atoms. The summed E-state index contributed by atoms with van der Waals surface area (Å²) in [7, 11) is 0. The largest absolute Gasteiger partial charge is 0.411 e. The van der Waals surface area contributed by atoms with E-state index in [1.54, 1.807) is 17.4 Å². The average Bonchev–Trinajstić information content (AvgIpc) is 3.45. The minimum absolute atomic E-state index is 0.0771. The van der Waals surface area contributed by atoms with Gasteiger partial charge in [0.25, 0.3) is 5.22 Å². The number of benzene rings is 2. The quantitative estimate of drug-likeness (QED) is 0.359. The molecule has 1 aliphatic heterocycles. The molecular weight excluding hydrogens is 452 g/mol. The number of likely N-dealkylation sites (tertiary alicyclic amines) is 1. The molecule has 2 aromatic heterocycles. The fourth-order valence-electron chi connectivity index (χ4n) is 3.70. The maximum absolute atomic E-state index is 12.8. The summed E-state index contributed by atoms with van der Waals surface area (Å²) in [5.74, 6) is 0.981. The van der Waals surface area contributed by atoms with Crippen molar-refractivity contribution >= 4 is 50.8 Å². The highest BCUT2D eigenvalue weighted by atomic mass is 35.5. The standard InChI is InChI=1S/C22H19ClN4O2S2/c23-16-8-2-1-7-15(16)20-25-26-22(29-20)30-13-19(28)27-11-5-6-14(12-27)21-24-17-9-3-4-10-18(17)31-21/h1-4,7-10,14H,5-6,11-13H2/t14-/m0/s1. The second-order valence-corrected chi connectivity index (χ2v) is 9.74. The van der Waals surface area contributed by atoms with Crippen LogP contribution >= 0.6 is 34.7 Å². The zero-order chi connectivity index (χ0) is 21.2. The molecule has 158 valence electrons. The van der Waals surface area contributed by atoms with Gasteiger partial charge in [-0.3, -0.25) is 4.79 Å². The molecule has 0 spiro atoms. The van der Waals surface area contributed by atoms with E-state index in [1.807, 2.05) is 41.3 Å². The SMILES string of the molecule is O=C(CSc1nnc(-c2ccccc2Cl)o1)N1CCC[C@H](c2nc3ccccc3s2)C1. The Kier molecular flexibility index (Phi) is 5.93. The number of amides is 1. The maximum atomic E-state index is 12.8. The highest BCUT2D eigenvalue weighted by Crippen LogP contribution is 2.33. The molecule has 0 unspecified atom stereocenters. The summed E-state index contributed by atoms with van der Waals surface area (Å²) >= 11 is 9.18. The van der Waals surface area contributed by atoms with Crippen molar-refractivity contribution in [1.29, 1.82) is 0 Å². The Morgan fingerprint density at radius 2 is 2.03 bits per heavy atom. The first kappa shape index (κ1) is 20.5. The smallest absolute Gasteiger partial charge is 0.277 e. The van der Waals surface area contributed by atoms with Crippen molar-refractivity contribution < 1.29 is 9.21 Å². The van der Waals surface area contributed by atoms with Crippen molar-refractivity contribution in [1.82, 2.24) is 20.1 Å². The van der Waals surface area contributed by atoms with Crippen LogP contribution in [0, 0.1) is 0 Å². The van der Waals surface area contributed by atoms with E-state index in [1.165, 1.54) is 16.5 Å². The number of rotatable bonds is 5. The van der Waals surface area contributed by atoms with Crippen LogP contribution in [0.3, 0.4) is 0 Å². The molecule has 1 aliphatic rings. The molecule has 9 heteroatoms. The van der Waals surface area contributed by atoms with Gasteiger partial charge in [0.15, 0.2) is 0 Å². The van der Waals surface area contributed by atoms with Gasteiger partial charge in [0.1, 0.15) is 0 Å². The van der Waals surface area contributed by atoms with Gasteiger partial charge in [-0.1, -0.05) is 47.6 Å². The average molecular weight is 471 g/mol. The normalized spacial score (nSPS) is 16.7. The van der Waals surface area contributed by atoms with E-state index in [9.17, 15) is 4.79 Å². The lowest BCUT2D eigenvalue weighted by Gasteiger charge is -2.31. The third kappa shape index (κ3) is 4.46. The second kappa shape index (κ2) is 8.98. The number of nitrogens with zero attached hydrogens (tertiary/aromatic N) is 4. The van der Waals surface area contributed by atoms with Crippen molar-refractivity contribution in [3.8, 4) is 11.5 Å². The molecule has 6 nitrogen and oxygen atoms in total. The van der Waals surface area contributed by atoms with Crippen LogP contribution in [0.25, 0.3) is 21.7 Å². The third-order valence-electron chi connectivity index (χ3n) is 5.26. The van der Waals surface area contributed by atoms with Crippen LogP contribution in [0.1, 0.15) is 23.8 Å². The highest BCUT2D eigenvalue weighted by Gasteiger charge is 2.27. The summed E-state index contributed by atoms with van der Waals surface area (Å²) < 4.78 is 6.89. The molecule has 2 aromatic carbocycles. The molecule has 0 saturated carbocycles. The number of para-hydroxylation sites is 1. The third-order valence-corrected chi connectivity index (χ3v) is 7.60. The Bertz CT molecular complexity index is 1190. The Labute approximate surface area is 192 Å². The van der Waals surface area contributed by atoms with Crippen molar-refractivity contribution in [3.05, 3.63) is 58.6 Å². The molecule has 0 aliphatic carbocycles. The van der Waals surface area contributed by atoms with E-state index in [0.717, 1.165) is 29.9 Å². The van der Waals surface area contributed by atoms with Gasteiger partial charge in [0, 0.05) is 19.0 Å². The number of hydrogen-bond acceptors (Lipinski definition) is 7. The first-order valence-electron chi connectivity index (χ1n) is 10.0. The van der Waals surface area contributed by atoms with Gasteiger partial charge in [0.05, 0.1) is 31.6 Å². The van der Waals surface area contributed by atoms with Crippen LogP contribution < -0.4 is 0 Å². The second-order valence-electron chi connectivity index (χ2n) is 7.34. The molecule has 4 aromatic rings. The summed E-state index contributed by atoms with van der Waals surface area (Å²) in [6.07, 6.45) is 2.04. The molecule has 1 amide bonds. The molecule has 0 radical (unpaired) electrons. The fourth-order valence-corrected chi connectivity index (χ4v) is 5.67. The summed E-state index contributed by atoms with van der Waals surface area (Å²) in [5, 5.41) is 10.1. The molecule has 0 N–H and O–H groups in total. The summed E-state index contributed by atoms with van der Waals surface area (Å²) in [4.78, 5) is 19.6. The Morgan fingerprint density at radius 3 is 2.90 bits per heavy atom. The number of fused-ring (bicyclic) bond motifs is 1.